The predicted molar refractivity (Wildman–Crippen MR) is 44.9 cm³/mol. The van der Waals surface area contributed by atoms with Crippen molar-refractivity contribution in [1.29, 1.82) is 0 Å². The van der Waals surface area contributed by atoms with E-state index in [1.165, 1.54) is 0 Å². The summed E-state index contributed by atoms with van der Waals surface area (Å²) in [7, 11) is 0. The van der Waals surface area contributed by atoms with Crippen LogP contribution >= 0.6 is 23.2 Å². The zero-order chi connectivity index (χ0) is 8.43. The van der Waals surface area contributed by atoms with Crippen LogP contribution in [0.25, 0.3) is 0 Å². The molecule has 0 unspecified atom stereocenters. The molecule has 0 fully saturated rings. The first kappa shape index (κ1) is 8.78. The summed E-state index contributed by atoms with van der Waals surface area (Å²) in [5.41, 5.74) is 1.15. The van der Waals surface area contributed by atoms with E-state index >= 15 is 0 Å². The molecule has 0 atom stereocenters. The van der Waals surface area contributed by atoms with Crippen LogP contribution < -0.4 is 0 Å². The number of aliphatic hydroxyl groups is 1. The molecule has 0 spiro atoms. The maximum Gasteiger partial charge on any atom is 0.0868 e. The Hall–Kier alpha value is -0.310. The van der Waals surface area contributed by atoms with Gasteiger partial charge in [0.25, 0.3) is 0 Å². The van der Waals surface area contributed by atoms with Gasteiger partial charge in [-0.1, -0.05) is 23.2 Å². The predicted octanol–water partition coefficient (Wildman–Crippen LogP) is 2.19. The van der Waals surface area contributed by atoms with Gasteiger partial charge in [-0.3, -0.25) is 4.98 Å². The van der Waals surface area contributed by atoms with E-state index in [2.05, 4.69) is 4.98 Å². The molecule has 0 saturated carbocycles. The number of halogens is 2. The monoisotopic (exact) mass is 191 g/mol. The van der Waals surface area contributed by atoms with Gasteiger partial charge in [0.1, 0.15) is 0 Å². The molecule has 11 heavy (non-hydrogen) atoms. The fourth-order valence-electron chi connectivity index (χ4n) is 0.719. The van der Waals surface area contributed by atoms with Crippen LogP contribution in [0.1, 0.15) is 11.4 Å². The van der Waals surface area contributed by atoms with Crippen LogP contribution in [-0.2, 0) is 6.61 Å². The molecular weight excluding hydrogens is 185 g/mol. The van der Waals surface area contributed by atoms with Crippen molar-refractivity contribution in [3.63, 3.8) is 0 Å². The summed E-state index contributed by atoms with van der Waals surface area (Å²) in [5, 5.41) is 9.67. The molecule has 0 amide bonds. The second-order valence-electron chi connectivity index (χ2n) is 2.14. The summed E-state index contributed by atoms with van der Waals surface area (Å²) in [6.45, 7) is 1.61. The van der Waals surface area contributed by atoms with Crippen molar-refractivity contribution >= 4 is 23.2 Å². The first-order chi connectivity index (χ1) is 5.15. The summed E-state index contributed by atoms with van der Waals surface area (Å²) in [6.07, 6.45) is 0. The minimum absolute atomic E-state index is 0.156. The Balaban J connectivity index is 3.21. The number of rotatable bonds is 1. The summed E-state index contributed by atoms with van der Waals surface area (Å²) >= 11 is 11.4. The standard InChI is InChI=1S/C7H7Cl2NO/c1-4-5(8)2-6(9)7(3-11)10-4/h2,11H,3H2,1H3. The van der Waals surface area contributed by atoms with Crippen LogP contribution in [-0.4, -0.2) is 10.1 Å². The van der Waals surface area contributed by atoms with Crippen LogP contribution in [0.4, 0.5) is 0 Å². The molecule has 1 rings (SSSR count). The van der Waals surface area contributed by atoms with Crippen molar-refractivity contribution in [2.24, 2.45) is 0 Å². The van der Waals surface area contributed by atoms with E-state index in [0.29, 0.717) is 21.4 Å². The minimum Gasteiger partial charge on any atom is -0.390 e. The highest BCUT2D eigenvalue weighted by molar-refractivity contribution is 6.35. The molecule has 0 radical (unpaired) electrons. The third-order valence-electron chi connectivity index (χ3n) is 1.33. The van der Waals surface area contributed by atoms with Gasteiger partial charge in [0.2, 0.25) is 0 Å². The van der Waals surface area contributed by atoms with Gasteiger partial charge in [-0.15, -0.1) is 0 Å². The number of hydrogen-bond acceptors (Lipinski definition) is 2. The molecule has 0 aromatic carbocycles. The lowest BCUT2D eigenvalue weighted by molar-refractivity contribution is 0.276. The van der Waals surface area contributed by atoms with E-state index in [1.807, 2.05) is 0 Å². The molecule has 4 heteroatoms. The molecule has 0 bridgehead atoms. The van der Waals surface area contributed by atoms with Gasteiger partial charge >= 0.3 is 0 Å². The summed E-state index contributed by atoms with van der Waals surface area (Å²) < 4.78 is 0. The lowest BCUT2D eigenvalue weighted by Crippen LogP contribution is -1.93. The number of aryl methyl sites for hydroxylation is 1. The molecule has 1 aromatic heterocycles. The number of pyridine rings is 1. The van der Waals surface area contributed by atoms with Gasteiger partial charge in [0.05, 0.1) is 28.0 Å². The van der Waals surface area contributed by atoms with E-state index in [1.54, 1.807) is 13.0 Å². The minimum atomic E-state index is -0.156. The lowest BCUT2D eigenvalue weighted by atomic mass is 10.3. The van der Waals surface area contributed by atoms with E-state index in [-0.39, 0.29) is 6.61 Å². The number of hydrogen-bond donors (Lipinski definition) is 1. The number of nitrogens with zero attached hydrogens (tertiary/aromatic N) is 1. The van der Waals surface area contributed by atoms with Gasteiger partial charge in [-0.2, -0.15) is 0 Å². The van der Waals surface area contributed by atoms with Crippen LogP contribution in [0.5, 0.6) is 0 Å². The number of aliphatic hydroxyl groups excluding tert-OH is 1. The second kappa shape index (κ2) is 3.39. The maximum atomic E-state index is 8.74. The normalized spacial score (nSPS) is 10.2. The van der Waals surface area contributed by atoms with E-state index in [9.17, 15) is 0 Å². The second-order valence-corrected chi connectivity index (χ2v) is 2.96. The first-order valence-corrected chi connectivity index (χ1v) is 3.83. The Morgan fingerprint density at radius 3 is 2.64 bits per heavy atom. The summed E-state index contributed by atoms with van der Waals surface area (Å²) in [6, 6.07) is 1.58. The lowest BCUT2D eigenvalue weighted by Gasteiger charge is -2.02. The molecule has 1 aromatic rings. The molecule has 2 nitrogen and oxygen atoms in total. The van der Waals surface area contributed by atoms with Crippen molar-refractivity contribution in [2.75, 3.05) is 0 Å². The number of aromatic nitrogens is 1. The molecule has 1 heterocycles. The Kier molecular flexibility index (Phi) is 2.71. The molecule has 60 valence electrons. The first-order valence-electron chi connectivity index (χ1n) is 3.07. The molecule has 0 aliphatic rings. The van der Waals surface area contributed by atoms with Crippen LogP contribution in [0.2, 0.25) is 10.0 Å². The molecule has 0 aliphatic carbocycles. The third-order valence-corrected chi connectivity index (χ3v) is 2.04. The van der Waals surface area contributed by atoms with Crippen molar-refractivity contribution in [3.05, 3.63) is 27.5 Å². The highest BCUT2D eigenvalue weighted by Gasteiger charge is 2.04. The SMILES string of the molecule is Cc1nc(CO)c(Cl)cc1Cl. The summed E-state index contributed by atoms with van der Waals surface area (Å²) in [4.78, 5) is 3.98. The topological polar surface area (TPSA) is 33.1 Å². The molecule has 0 saturated heterocycles. The Labute approximate surface area is 74.8 Å². The van der Waals surface area contributed by atoms with Gasteiger partial charge in [0, 0.05) is 0 Å². The average molecular weight is 192 g/mol. The van der Waals surface area contributed by atoms with Gasteiger partial charge in [-0.25, -0.2) is 0 Å². The van der Waals surface area contributed by atoms with Crippen molar-refractivity contribution in [1.82, 2.24) is 4.98 Å². The van der Waals surface area contributed by atoms with Crippen LogP contribution in [0.15, 0.2) is 6.07 Å². The van der Waals surface area contributed by atoms with Crippen LogP contribution in [0.3, 0.4) is 0 Å². The quantitative estimate of drug-likeness (QED) is 0.739. The van der Waals surface area contributed by atoms with E-state index in [0.717, 1.165) is 0 Å². The van der Waals surface area contributed by atoms with Crippen LogP contribution in [0, 0.1) is 6.92 Å². The Morgan fingerprint density at radius 2 is 2.09 bits per heavy atom. The van der Waals surface area contributed by atoms with Crippen molar-refractivity contribution in [2.45, 2.75) is 13.5 Å². The molecule has 1 N–H and O–H groups in total. The van der Waals surface area contributed by atoms with E-state index in [4.69, 9.17) is 28.3 Å². The fourth-order valence-corrected chi connectivity index (χ4v) is 1.14. The maximum absolute atomic E-state index is 8.74. The largest absolute Gasteiger partial charge is 0.390 e. The zero-order valence-electron chi connectivity index (χ0n) is 5.93. The Bertz CT molecular complexity index is 275. The van der Waals surface area contributed by atoms with E-state index < -0.39 is 0 Å². The third kappa shape index (κ3) is 1.83. The highest BCUT2D eigenvalue weighted by atomic mass is 35.5. The molecular formula is C7H7Cl2NO. The smallest absolute Gasteiger partial charge is 0.0868 e. The summed E-state index contributed by atoms with van der Waals surface area (Å²) in [5.74, 6) is 0. The van der Waals surface area contributed by atoms with Gasteiger partial charge < -0.3 is 5.11 Å². The Morgan fingerprint density at radius 1 is 1.45 bits per heavy atom. The van der Waals surface area contributed by atoms with Gasteiger partial charge in [0.15, 0.2) is 0 Å². The zero-order valence-corrected chi connectivity index (χ0v) is 7.45. The highest BCUT2D eigenvalue weighted by Crippen LogP contribution is 2.21. The van der Waals surface area contributed by atoms with Gasteiger partial charge in [-0.05, 0) is 13.0 Å². The fraction of sp³-hybridized carbons (Fsp3) is 0.286. The molecule has 0 aliphatic heterocycles. The van der Waals surface area contributed by atoms with Crippen molar-refractivity contribution in [3.8, 4) is 0 Å². The van der Waals surface area contributed by atoms with Crippen molar-refractivity contribution < 1.29 is 5.11 Å². The average Bonchev–Trinajstić information content (AvgIpc) is 1.97.